The van der Waals surface area contributed by atoms with Crippen molar-refractivity contribution in [3.05, 3.63) is 58.6 Å². The van der Waals surface area contributed by atoms with Crippen molar-refractivity contribution in [3.8, 4) is 5.75 Å². The molecule has 1 unspecified atom stereocenters. The zero-order valence-electron chi connectivity index (χ0n) is 16.2. The van der Waals surface area contributed by atoms with Crippen LogP contribution in [-0.2, 0) is 16.7 Å². The normalized spacial score (nSPS) is 12.3. The molecule has 1 atom stereocenters. The van der Waals surface area contributed by atoms with Gasteiger partial charge in [-0.15, -0.1) is 0 Å². The predicted octanol–water partition coefficient (Wildman–Crippen LogP) is 5.01. The van der Waals surface area contributed by atoms with E-state index in [4.69, 9.17) is 4.18 Å². The second-order valence-corrected chi connectivity index (χ2v) is 9.08. The fraction of sp³-hybridized carbons (Fsp3) is 0.350. The van der Waals surface area contributed by atoms with Gasteiger partial charge in [-0.2, -0.15) is 8.42 Å². The number of hydrogen-bond donors (Lipinski definition) is 1. The lowest BCUT2D eigenvalue weighted by Crippen LogP contribution is -2.40. The Kier molecular flexibility index (Phi) is 7.88. The van der Waals surface area contributed by atoms with Crippen molar-refractivity contribution >= 4 is 37.8 Å². The van der Waals surface area contributed by atoms with E-state index in [2.05, 4.69) is 21.2 Å². The number of benzene rings is 2. The Hall–Kier alpha value is -2.06. The van der Waals surface area contributed by atoms with Crippen LogP contribution < -0.4 is 9.50 Å². The van der Waals surface area contributed by atoms with Gasteiger partial charge < -0.3 is 14.4 Å². The summed E-state index contributed by atoms with van der Waals surface area (Å²) >= 11 is 3.44. The number of amides is 2. The van der Waals surface area contributed by atoms with Crippen LogP contribution in [0.2, 0.25) is 0 Å². The second-order valence-electron chi connectivity index (χ2n) is 6.37. The zero-order chi connectivity index (χ0) is 20.7. The second kappa shape index (κ2) is 9.93. The minimum absolute atomic E-state index is 0.0267. The first-order valence-electron chi connectivity index (χ1n) is 9.09. The summed E-state index contributed by atoms with van der Waals surface area (Å²) in [4.78, 5) is 14.6. The molecule has 2 aromatic rings. The molecule has 0 bridgehead atoms. The van der Waals surface area contributed by atoms with E-state index in [1.165, 1.54) is 6.92 Å². The lowest BCUT2D eigenvalue weighted by molar-refractivity contribution is 0.187. The summed E-state index contributed by atoms with van der Waals surface area (Å²) in [5, 5.41) is 2.93. The standard InChI is InChI=1S/C20H25BrN2O4S/c1-4-15(3)23(20(24)22-19-9-7-6-8-18(19)21)14-16-10-12-17(13-11-16)27-28(25,26)5-2/h6-13,15H,4-5,14H2,1-3H3,(H,22,24). The van der Waals surface area contributed by atoms with E-state index >= 15 is 0 Å². The monoisotopic (exact) mass is 468 g/mol. The van der Waals surface area contributed by atoms with Crippen LogP contribution in [0.3, 0.4) is 0 Å². The number of rotatable bonds is 8. The van der Waals surface area contributed by atoms with Crippen molar-refractivity contribution in [2.45, 2.75) is 39.8 Å². The highest BCUT2D eigenvalue weighted by atomic mass is 79.9. The highest BCUT2D eigenvalue weighted by molar-refractivity contribution is 9.10. The number of nitrogens with one attached hydrogen (secondary N) is 1. The van der Waals surface area contributed by atoms with Gasteiger partial charge in [0.1, 0.15) is 5.75 Å². The van der Waals surface area contributed by atoms with Crippen LogP contribution >= 0.6 is 15.9 Å². The number of urea groups is 1. The molecular formula is C20H25BrN2O4S. The average Bonchev–Trinajstić information content (AvgIpc) is 2.68. The summed E-state index contributed by atoms with van der Waals surface area (Å²) in [5.41, 5.74) is 1.58. The summed E-state index contributed by atoms with van der Waals surface area (Å²) in [6.07, 6.45) is 0.805. The highest BCUT2D eigenvalue weighted by Crippen LogP contribution is 2.23. The molecule has 0 saturated carbocycles. The minimum atomic E-state index is -3.56. The van der Waals surface area contributed by atoms with E-state index in [1.54, 1.807) is 29.2 Å². The molecule has 2 rings (SSSR count). The molecule has 0 aromatic heterocycles. The lowest BCUT2D eigenvalue weighted by atomic mass is 10.1. The van der Waals surface area contributed by atoms with Crippen LogP contribution in [0.5, 0.6) is 5.75 Å². The lowest BCUT2D eigenvalue weighted by Gasteiger charge is -2.29. The third-order valence-electron chi connectivity index (χ3n) is 4.35. The number of halogens is 1. The molecule has 0 fully saturated rings. The van der Waals surface area contributed by atoms with Crippen molar-refractivity contribution in [2.75, 3.05) is 11.1 Å². The van der Waals surface area contributed by atoms with Gasteiger partial charge in [-0.25, -0.2) is 4.79 Å². The number of carbonyl (C=O) groups excluding carboxylic acids is 1. The number of hydrogen-bond acceptors (Lipinski definition) is 4. The molecule has 2 amide bonds. The molecule has 152 valence electrons. The van der Waals surface area contributed by atoms with Crippen LogP contribution in [0, 0.1) is 0 Å². The Bertz CT molecular complexity index is 901. The molecule has 0 aliphatic carbocycles. The quantitative estimate of drug-likeness (QED) is 0.552. The fourth-order valence-electron chi connectivity index (χ4n) is 2.45. The predicted molar refractivity (Wildman–Crippen MR) is 115 cm³/mol. The number of nitrogens with zero attached hydrogens (tertiary/aromatic N) is 1. The van der Waals surface area contributed by atoms with Crippen molar-refractivity contribution in [3.63, 3.8) is 0 Å². The maximum atomic E-state index is 12.9. The number of carbonyl (C=O) groups is 1. The Morgan fingerprint density at radius 1 is 1.14 bits per heavy atom. The van der Waals surface area contributed by atoms with Crippen molar-refractivity contribution in [1.29, 1.82) is 0 Å². The molecule has 0 radical (unpaired) electrons. The van der Waals surface area contributed by atoms with E-state index in [1.807, 2.05) is 38.1 Å². The summed E-state index contributed by atoms with van der Waals surface area (Å²) < 4.78 is 28.9. The van der Waals surface area contributed by atoms with E-state index < -0.39 is 10.1 Å². The van der Waals surface area contributed by atoms with Crippen molar-refractivity contribution in [1.82, 2.24) is 4.90 Å². The van der Waals surface area contributed by atoms with E-state index in [0.717, 1.165) is 16.5 Å². The van der Waals surface area contributed by atoms with E-state index in [-0.39, 0.29) is 23.6 Å². The van der Waals surface area contributed by atoms with Gasteiger partial charge in [0.25, 0.3) is 0 Å². The molecular weight excluding hydrogens is 444 g/mol. The summed E-state index contributed by atoms with van der Waals surface area (Å²) in [6, 6.07) is 14.0. The van der Waals surface area contributed by atoms with Gasteiger partial charge in [-0.3, -0.25) is 0 Å². The van der Waals surface area contributed by atoms with Gasteiger partial charge in [0.2, 0.25) is 0 Å². The molecule has 0 heterocycles. The maximum Gasteiger partial charge on any atom is 0.322 e. The molecule has 0 spiro atoms. The van der Waals surface area contributed by atoms with Crippen molar-refractivity contribution in [2.24, 2.45) is 0 Å². The van der Waals surface area contributed by atoms with Crippen LogP contribution in [0.25, 0.3) is 0 Å². The molecule has 0 aliphatic heterocycles. The average molecular weight is 469 g/mol. The molecule has 8 heteroatoms. The molecule has 1 N–H and O–H groups in total. The van der Waals surface area contributed by atoms with Crippen LogP contribution in [0.15, 0.2) is 53.0 Å². The first kappa shape index (κ1) is 22.2. The Morgan fingerprint density at radius 3 is 2.36 bits per heavy atom. The smallest absolute Gasteiger partial charge is 0.322 e. The van der Waals surface area contributed by atoms with Crippen molar-refractivity contribution < 1.29 is 17.4 Å². The van der Waals surface area contributed by atoms with Gasteiger partial charge in [0.05, 0.1) is 11.4 Å². The van der Waals surface area contributed by atoms with Crippen LogP contribution in [-0.4, -0.2) is 31.1 Å². The maximum absolute atomic E-state index is 12.9. The first-order valence-corrected chi connectivity index (χ1v) is 11.5. The molecule has 2 aromatic carbocycles. The Labute approximate surface area is 175 Å². The fourth-order valence-corrected chi connectivity index (χ4v) is 3.36. The topological polar surface area (TPSA) is 75.7 Å². The minimum Gasteiger partial charge on any atom is -0.382 e. The SMILES string of the molecule is CCC(C)N(Cc1ccc(OS(=O)(=O)CC)cc1)C(=O)Nc1ccccc1Br. The Morgan fingerprint density at radius 2 is 1.79 bits per heavy atom. The van der Waals surface area contributed by atoms with Gasteiger partial charge in [0, 0.05) is 17.1 Å². The van der Waals surface area contributed by atoms with Crippen LogP contribution in [0.4, 0.5) is 10.5 Å². The highest BCUT2D eigenvalue weighted by Gasteiger charge is 2.20. The third-order valence-corrected chi connectivity index (χ3v) is 6.20. The molecule has 6 nitrogen and oxygen atoms in total. The van der Waals surface area contributed by atoms with Gasteiger partial charge in [-0.1, -0.05) is 31.2 Å². The Balaban J connectivity index is 2.13. The summed E-state index contributed by atoms with van der Waals surface area (Å²) in [6.45, 7) is 5.93. The van der Waals surface area contributed by atoms with Gasteiger partial charge >= 0.3 is 16.1 Å². The molecule has 0 aliphatic rings. The zero-order valence-corrected chi connectivity index (χ0v) is 18.6. The van der Waals surface area contributed by atoms with Gasteiger partial charge in [-0.05, 0) is 66.0 Å². The number of para-hydroxylation sites is 1. The largest absolute Gasteiger partial charge is 0.382 e. The first-order chi connectivity index (χ1) is 13.3. The molecule has 0 saturated heterocycles. The van der Waals surface area contributed by atoms with Gasteiger partial charge in [0.15, 0.2) is 0 Å². The summed E-state index contributed by atoms with van der Waals surface area (Å²) in [5.74, 6) is 0.171. The molecule has 28 heavy (non-hydrogen) atoms. The van der Waals surface area contributed by atoms with Crippen LogP contribution in [0.1, 0.15) is 32.8 Å². The number of anilines is 1. The third kappa shape index (κ3) is 6.24. The van der Waals surface area contributed by atoms with E-state index in [0.29, 0.717) is 12.2 Å². The summed E-state index contributed by atoms with van der Waals surface area (Å²) in [7, 11) is -3.56. The van der Waals surface area contributed by atoms with E-state index in [9.17, 15) is 13.2 Å².